The van der Waals surface area contributed by atoms with Crippen LogP contribution in [0.25, 0.3) is 5.65 Å². The minimum Gasteiger partial charge on any atom is -0.337 e. The first-order valence-electron chi connectivity index (χ1n) is 6.25. The van der Waals surface area contributed by atoms with Crippen molar-refractivity contribution in [3.05, 3.63) is 29.7 Å². The van der Waals surface area contributed by atoms with E-state index in [1.165, 1.54) is 6.42 Å². The molecular weight excluding hydrogens is 228 g/mol. The molecular formula is C13H16N4O. The van der Waals surface area contributed by atoms with E-state index in [0.717, 1.165) is 24.2 Å². The van der Waals surface area contributed by atoms with Gasteiger partial charge in [-0.25, -0.2) is 9.50 Å². The summed E-state index contributed by atoms with van der Waals surface area (Å²) in [6.45, 7) is 1.90. The lowest BCUT2D eigenvalue weighted by Crippen LogP contribution is -2.42. The highest BCUT2D eigenvalue weighted by Crippen LogP contribution is 2.24. The van der Waals surface area contributed by atoms with Crippen LogP contribution in [0.5, 0.6) is 0 Å². The van der Waals surface area contributed by atoms with Crippen molar-refractivity contribution in [3.8, 4) is 0 Å². The Hall–Kier alpha value is -1.91. The van der Waals surface area contributed by atoms with Crippen molar-refractivity contribution in [3.63, 3.8) is 0 Å². The van der Waals surface area contributed by atoms with Gasteiger partial charge in [-0.05, 0) is 32.3 Å². The first kappa shape index (κ1) is 11.2. The number of aromatic nitrogens is 3. The number of amides is 1. The smallest absolute Gasteiger partial charge is 0.272 e. The minimum atomic E-state index is 0.0268. The number of hydrogen-bond acceptors (Lipinski definition) is 3. The predicted molar refractivity (Wildman–Crippen MR) is 67.5 cm³/mol. The maximum atomic E-state index is 12.5. The average Bonchev–Trinajstić information content (AvgIpc) is 2.72. The summed E-state index contributed by atoms with van der Waals surface area (Å²) in [5.41, 5.74) is 2.16. The molecule has 0 atom stereocenters. The van der Waals surface area contributed by atoms with Gasteiger partial charge in [0.1, 0.15) is 5.69 Å². The van der Waals surface area contributed by atoms with Crippen LogP contribution in [0.1, 0.15) is 35.4 Å². The summed E-state index contributed by atoms with van der Waals surface area (Å²) in [7, 11) is 1.87. The van der Waals surface area contributed by atoms with Crippen LogP contribution in [0.15, 0.2) is 18.3 Å². The van der Waals surface area contributed by atoms with Gasteiger partial charge >= 0.3 is 0 Å². The molecule has 0 saturated heterocycles. The molecule has 2 aromatic rings. The second-order valence-corrected chi connectivity index (χ2v) is 4.88. The van der Waals surface area contributed by atoms with Crippen LogP contribution < -0.4 is 0 Å². The number of aryl methyl sites for hydroxylation is 1. The zero-order valence-electron chi connectivity index (χ0n) is 10.6. The Bertz CT molecular complexity index is 600. The highest BCUT2D eigenvalue weighted by Gasteiger charge is 2.27. The second kappa shape index (κ2) is 4.08. The molecule has 0 spiro atoms. The van der Waals surface area contributed by atoms with E-state index in [-0.39, 0.29) is 5.91 Å². The molecule has 2 heterocycles. The number of nitrogens with zero attached hydrogens (tertiary/aromatic N) is 4. The Morgan fingerprint density at radius 3 is 2.94 bits per heavy atom. The molecule has 1 amide bonds. The summed E-state index contributed by atoms with van der Waals surface area (Å²) in [5, 5.41) is 4.17. The van der Waals surface area contributed by atoms with Crippen molar-refractivity contribution < 1.29 is 4.79 Å². The van der Waals surface area contributed by atoms with Crippen molar-refractivity contribution >= 4 is 11.6 Å². The van der Waals surface area contributed by atoms with E-state index in [9.17, 15) is 4.79 Å². The Labute approximate surface area is 105 Å². The van der Waals surface area contributed by atoms with E-state index in [1.807, 2.05) is 24.9 Å². The largest absolute Gasteiger partial charge is 0.337 e. The summed E-state index contributed by atoms with van der Waals surface area (Å²) in [6.07, 6.45) is 5.10. The molecule has 3 rings (SSSR count). The zero-order chi connectivity index (χ0) is 12.7. The Morgan fingerprint density at radius 2 is 2.28 bits per heavy atom. The Kier molecular flexibility index (Phi) is 2.54. The molecule has 94 valence electrons. The molecule has 5 nitrogen and oxygen atoms in total. The molecule has 0 unspecified atom stereocenters. The lowest BCUT2D eigenvalue weighted by atomic mass is 9.91. The predicted octanol–water partition coefficient (Wildman–Crippen LogP) is 1.66. The Morgan fingerprint density at radius 1 is 1.50 bits per heavy atom. The van der Waals surface area contributed by atoms with Crippen LogP contribution in [-0.4, -0.2) is 38.5 Å². The van der Waals surface area contributed by atoms with Gasteiger partial charge in [0, 0.05) is 24.8 Å². The van der Waals surface area contributed by atoms with E-state index in [2.05, 4.69) is 10.1 Å². The molecule has 1 fully saturated rings. The van der Waals surface area contributed by atoms with E-state index in [1.54, 1.807) is 16.8 Å². The summed E-state index contributed by atoms with van der Waals surface area (Å²) >= 11 is 0. The molecule has 1 saturated carbocycles. The summed E-state index contributed by atoms with van der Waals surface area (Å²) in [6, 6.07) is 4.00. The van der Waals surface area contributed by atoms with E-state index < -0.39 is 0 Å². The standard InChI is InChI=1S/C13H16N4O/c1-9-8-11(17-12(15-9)6-7-14-17)13(18)16(2)10-4-3-5-10/h6-8,10H,3-5H2,1-2H3. The topological polar surface area (TPSA) is 50.5 Å². The van der Waals surface area contributed by atoms with Crippen LogP contribution in [0.2, 0.25) is 0 Å². The van der Waals surface area contributed by atoms with Crippen molar-refractivity contribution in [2.45, 2.75) is 32.2 Å². The lowest BCUT2D eigenvalue weighted by molar-refractivity contribution is 0.0643. The van der Waals surface area contributed by atoms with Gasteiger partial charge in [0.15, 0.2) is 5.65 Å². The fraction of sp³-hybridized carbons (Fsp3) is 0.462. The molecule has 0 radical (unpaired) electrons. The number of rotatable bonds is 2. The number of carbonyl (C=O) groups excluding carboxylic acids is 1. The highest BCUT2D eigenvalue weighted by atomic mass is 16.2. The SMILES string of the molecule is Cc1cc(C(=O)N(C)C2CCC2)n2nccc2n1. The van der Waals surface area contributed by atoms with Gasteiger partial charge in [0.2, 0.25) is 0 Å². The third-order valence-electron chi connectivity index (χ3n) is 3.65. The first-order chi connectivity index (χ1) is 8.66. The van der Waals surface area contributed by atoms with Crippen LogP contribution >= 0.6 is 0 Å². The first-order valence-corrected chi connectivity index (χ1v) is 6.25. The third-order valence-corrected chi connectivity index (χ3v) is 3.65. The van der Waals surface area contributed by atoms with Crippen molar-refractivity contribution in [2.75, 3.05) is 7.05 Å². The Balaban J connectivity index is 2.02. The summed E-state index contributed by atoms with van der Waals surface area (Å²) in [5.74, 6) is 0.0268. The van der Waals surface area contributed by atoms with Crippen molar-refractivity contribution in [1.29, 1.82) is 0 Å². The fourth-order valence-electron chi connectivity index (χ4n) is 2.31. The monoisotopic (exact) mass is 244 g/mol. The van der Waals surface area contributed by atoms with Gasteiger partial charge in [-0.3, -0.25) is 4.79 Å². The molecule has 18 heavy (non-hydrogen) atoms. The molecule has 0 bridgehead atoms. The molecule has 1 aliphatic carbocycles. The van der Waals surface area contributed by atoms with Crippen molar-refractivity contribution in [2.24, 2.45) is 0 Å². The number of hydrogen-bond donors (Lipinski definition) is 0. The van der Waals surface area contributed by atoms with Gasteiger partial charge < -0.3 is 4.90 Å². The van der Waals surface area contributed by atoms with E-state index in [4.69, 9.17) is 0 Å². The van der Waals surface area contributed by atoms with Gasteiger partial charge in [-0.15, -0.1) is 0 Å². The van der Waals surface area contributed by atoms with Gasteiger partial charge in [0.25, 0.3) is 5.91 Å². The third kappa shape index (κ3) is 1.66. The maximum Gasteiger partial charge on any atom is 0.272 e. The van der Waals surface area contributed by atoms with Gasteiger partial charge in [-0.2, -0.15) is 5.10 Å². The highest BCUT2D eigenvalue weighted by molar-refractivity contribution is 5.93. The fourth-order valence-corrected chi connectivity index (χ4v) is 2.31. The maximum absolute atomic E-state index is 12.5. The summed E-state index contributed by atoms with van der Waals surface area (Å²) in [4.78, 5) is 18.7. The van der Waals surface area contributed by atoms with E-state index in [0.29, 0.717) is 11.7 Å². The zero-order valence-corrected chi connectivity index (χ0v) is 10.6. The van der Waals surface area contributed by atoms with Crippen LogP contribution in [-0.2, 0) is 0 Å². The van der Waals surface area contributed by atoms with E-state index >= 15 is 0 Å². The van der Waals surface area contributed by atoms with Crippen molar-refractivity contribution in [1.82, 2.24) is 19.5 Å². The molecule has 5 heteroatoms. The summed E-state index contributed by atoms with van der Waals surface area (Å²) < 4.78 is 1.62. The molecule has 0 N–H and O–H groups in total. The van der Waals surface area contributed by atoms with Crippen LogP contribution in [0.4, 0.5) is 0 Å². The molecule has 1 aliphatic rings. The normalized spacial score (nSPS) is 15.7. The molecule has 0 aromatic carbocycles. The molecule has 0 aliphatic heterocycles. The average molecular weight is 244 g/mol. The van der Waals surface area contributed by atoms with Gasteiger partial charge in [-0.1, -0.05) is 0 Å². The lowest BCUT2D eigenvalue weighted by Gasteiger charge is -2.34. The second-order valence-electron chi connectivity index (χ2n) is 4.88. The van der Waals surface area contributed by atoms with Gasteiger partial charge in [0.05, 0.1) is 6.20 Å². The quantitative estimate of drug-likeness (QED) is 0.807. The number of carbonyl (C=O) groups is 1. The minimum absolute atomic E-state index is 0.0268. The van der Waals surface area contributed by atoms with Crippen LogP contribution in [0, 0.1) is 6.92 Å². The van der Waals surface area contributed by atoms with Crippen LogP contribution in [0.3, 0.4) is 0 Å². The molecule has 2 aromatic heterocycles. The number of fused-ring (bicyclic) bond motifs is 1.